The van der Waals surface area contributed by atoms with Crippen LogP contribution in [0.3, 0.4) is 0 Å². The van der Waals surface area contributed by atoms with E-state index in [2.05, 4.69) is 5.10 Å². The number of hydrogen-bond acceptors (Lipinski definition) is 3. The molecule has 4 heteroatoms. The van der Waals surface area contributed by atoms with Gasteiger partial charge in [0.15, 0.2) is 6.54 Å². The predicted octanol–water partition coefficient (Wildman–Crippen LogP) is 0.257. The van der Waals surface area contributed by atoms with Crippen LogP contribution >= 0.6 is 11.3 Å². The minimum absolute atomic E-state index is 0.0264. The highest BCUT2D eigenvalue weighted by atomic mass is 32.1. The third-order valence-corrected chi connectivity index (χ3v) is 2.34. The molecule has 0 N–H and O–H groups in total. The van der Waals surface area contributed by atoms with Crippen LogP contribution in [0.5, 0.6) is 0 Å². The van der Waals surface area contributed by atoms with Gasteiger partial charge in [0.25, 0.3) is 0 Å². The fourth-order valence-electron chi connectivity index (χ4n) is 1.07. The maximum atomic E-state index is 10.8. The largest absolute Gasteiger partial charge is 0.857 e. The summed E-state index contributed by atoms with van der Waals surface area (Å²) in [6, 6.07) is 2.00. The molecule has 12 heavy (non-hydrogen) atoms. The Balaban J connectivity index is 2.20. The first kappa shape index (κ1) is 7.49. The van der Waals surface area contributed by atoms with Crippen LogP contribution in [0.4, 0.5) is 0 Å². The number of rotatable bonds is 1. The van der Waals surface area contributed by atoms with Crippen molar-refractivity contribution in [2.75, 3.05) is 6.54 Å². The third-order valence-electron chi connectivity index (χ3n) is 1.64. The maximum absolute atomic E-state index is 10.8. The van der Waals surface area contributed by atoms with Gasteiger partial charge in [0.1, 0.15) is 0 Å². The minimum atomic E-state index is -0.0264. The molecule has 0 saturated heterocycles. The van der Waals surface area contributed by atoms with Gasteiger partial charge in [-0.15, -0.1) is 0 Å². The van der Waals surface area contributed by atoms with Gasteiger partial charge in [-0.05, 0) is 16.5 Å². The monoisotopic (exact) mass is 180 g/mol. The lowest BCUT2D eigenvalue weighted by Crippen LogP contribution is -2.13. The second-order valence-electron chi connectivity index (χ2n) is 2.59. The molecule has 1 aliphatic rings. The van der Waals surface area contributed by atoms with Crippen LogP contribution < -0.4 is 5.11 Å². The van der Waals surface area contributed by atoms with Gasteiger partial charge in [-0.3, -0.25) is 0 Å². The van der Waals surface area contributed by atoms with E-state index in [1.807, 2.05) is 23.0 Å². The van der Waals surface area contributed by atoms with Gasteiger partial charge in [-0.2, -0.15) is 11.3 Å². The van der Waals surface area contributed by atoms with Gasteiger partial charge >= 0.3 is 0 Å². The molecule has 2 heterocycles. The molecule has 0 spiro atoms. The standard InChI is InChI=1S/C8H8N2OS/c11-8-1-3-10(9-8)5-7-2-4-12-6-7/h2,4-6H,1,3H2. The van der Waals surface area contributed by atoms with Crippen LogP contribution in [0.1, 0.15) is 12.0 Å². The zero-order chi connectivity index (χ0) is 8.39. The van der Waals surface area contributed by atoms with E-state index < -0.39 is 0 Å². The van der Waals surface area contributed by atoms with E-state index in [9.17, 15) is 5.11 Å². The topological polar surface area (TPSA) is 38.4 Å². The van der Waals surface area contributed by atoms with Crippen molar-refractivity contribution in [2.24, 2.45) is 5.10 Å². The van der Waals surface area contributed by atoms with E-state index in [4.69, 9.17) is 0 Å². The fourth-order valence-corrected chi connectivity index (χ4v) is 1.68. The Morgan fingerprint density at radius 3 is 3.17 bits per heavy atom. The molecule has 0 atom stereocenters. The molecular formula is C8H8N2OS. The molecule has 0 saturated carbocycles. The van der Waals surface area contributed by atoms with E-state index in [1.165, 1.54) is 0 Å². The van der Waals surface area contributed by atoms with Crippen LogP contribution in [0.15, 0.2) is 21.9 Å². The molecule has 0 aromatic carbocycles. The molecule has 0 unspecified atom stereocenters. The average Bonchev–Trinajstić information content (AvgIpc) is 2.63. The Kier molecular flexibility index (Phi) is 1.91. The van der Waals surface area contributed by atoms with Gasteiger partial charge in [0.05, 0.1) is 5.56 Å². The fraction of sp³-hybridized carbons (Fsp3) is 0.250. The summed E-state index contributed by atoms with van der Waals surface area (Å²) in [4.78, 5) is 0. The second-order valence-corrected chi connectivity index (χ2v) is 3.37. The number of hydrazone groups is 1. The second kappa shape index (κ2) is 3.06. The smallest absolute Gasteiger partial charge is 0.204 e. The molecule has 0 bridgehead atoms. The number of nitrogens with zero attached hydrogens (tertiary/aromatic N) is 2. The van der Waals surface area contributed by atoms with Crippen LogP contribution in [-0.4, -0.2) is 23.3 Å². The molecule has 62 valence electrons. The van der Waals surface area contributed by atoms with Crippen molar-refractivity contribution in [1.29, 1.82) is 0 Å². The summed E-state index contributed by atoms with van der Waals surface area (Å²) in [5.41, 5.74) is 1.11. The van der Waals surface area contributed by atoms with E-state index in [-0.39, 0.29) is 5.90 Å². The Morgan fingerprint density at radius 2 is 2.58 bits per heavy atom. The average molecular weight is 180 g/mol. The van der Waals surface area contributed by atoms with Gasteiger partial charge in [0, 0.05) is 17.7 Å². The summed E-state index contributed by atoms with van der Waals surface area (Å²) in [6.45, 7) is 0.717. The summed E-state index contributed by atoms with van der Waals surface area (Å²) in [5.74, 6) is -0.0264. The Bertz CT molecular complexity index is 327. The lowest BCUT2D eigenvalue weighted by molar-refractivity contribution is -0.519. The van der Waals surface area contributed by atoms with Crippen molar-refractivity contribution >= 4 is 23.4 Å². The number of thiophene rings is 1. The van der Waals surface area contributed by atoms with E-state index in [0.29, 0.717) is 13.0 Å². The van der Waals surface area contributed by atoms with Crippen molar-refractivity contribution in [3.05, 3.63) is 22.4 Å². The van der Waals surface area contributed by atoms with Crippen LogP contribution in [0.25, 0.3) is 0 Å². The molecule has 1 aromatic rings. The highest BCUT2D eigenvalue weighted by molar-refractivity contribution is 7.08. The molecule has 0 amide bonds. The van der Waals surface area contributed by atoms with Crippen LogP contribution in [0.2, 0.25) is 0 Å². The van der Waals surface area contributed by atoms with Gasteiger partial charge < -0.3 is 5.11 Å². The Morgan fingerprint density at radius 1 is 1.67 bits per heavy atom. The van der Waals surface area contributed by atoms with E-state index >= 15 is 0 Å². The van der Waals surface area contributed by atoms with Crippen molar-refractivity contribution < 1.29 is 9.79 Å². The van der Waals surface area contributed by atoms with Gasteiger partial charge in [0.2, 0.25) is 6.21 Å². The highest BCUT2D eigenvalue weighted by Crippen LogP contribution is 2.04. The lowest BCUT2D eigenvalue weighted by Gasteiger charge is -1.89. The lowest BCUT2D eigenvalue weighted by atomic mass is 10.4. The first-order valence-corrected chi connectivity index (χ1v) is 4.67. The third kappa shape index (κ3) is 1.53. The minimum Gasteiger partial charge on any atom is -0.857 e. The van der Waals surface area contributed by atoms with Crippen molar-refractivity contribution in [3.8, 4) is 0 Å². The number of hydrogen-bond donors (Lipinski definition) is 0. The first-order valence-electron chi connectivity index (χ1n) is 3.73. The van der Waals surface area contributed by atoms with Crippen molar-refractivity contribution in [1.82, 2.24) is 0 Å². The summed E-state index contributed by atoms with van der Waals surface area (Å²) in [5, 5.41) is 18.6. The molecular weight excluding hydrogens is 172 g/mol. The molecule has 3 nitrogen and oxygen atoms in total. The molecule has 0 aliphatic carbocycles. The summed E-state index contributed by atoms with van der Waals surface area (Å²) in [7, 11) is 0. The van der Waals surface area contributed by atoms with Crippen molar-refractivity contribution in [3.63, 3.8) is 0 Å². The van der Waals surface area contributed by atoms with Gasteiger partial charge in [-0.1, -0.05) is 4.68 Å². The predicted molar refractivity (Wildman–Crippen MR) is 46.7 cm³/mol. The summed E-state index contributed by atoms with van der Waals surface area (Å²) in [6.07, 6.45) is 2.43. The van der Waals surface area contributed by atoms with Crippen LogP contribution in [0, 0.1) is 0 Å². The quantitative estimate of drug-likeness (QED) is 0.571. The summed E-state index contributed by atoms with van der Waals surface area (Å²) < 4.78 is 1.70. The Hall–Kier alpha value is -1.16. The SMILES string of the molecule is [O-]C1=N[N+](=Cc2ccsc2)CC1. The van der Waals surface area contributed by atoms with E-state index in [1.54, 1.807) is 16.0 Å². The molecule has 0 radical (unpaired) electrons. The van der Waals surface area contributed by atoms with Crippen molar-refractivity contribution in [2.45, 2.75) is 6.42 Å². The van der Waals surface area contributed by atoms with E-state index in [0.717, 1.165) is 5.56 Å². The zero-order valence-electron chi connectivity index (χ0n) is 6.43. The first-order chi connectivity index (χ1) is 5.84. The zero-order valence-corrected chi connectivity index (χ0v) is 7.25. The summed E-state index contributed by atoms with van der Waals surface area (Å²) >= 11 is 1.64. The molecule has 1 aromatic heterocycles. The highest BCUT2D eigenvalue weighted by Gasteiger charge is 2.10. The van der Waals surface area contributed by atoms with Gasteiger partial charge in [-0.25, -0.2) is 0 Å². The maximum Gasteiger partial charge on any atom is 0.204 e. The molecule has 0 fully saturated rings. The normalized spacial score (nSPS) is 20.0. The molecule has 1 aliphatic heterocycles. The molecule has 2 rings (SSSR count). The Labute approximate surface area is 74.3 Å². The van der Waals surface area contributed by atoms with Crippen LogP contribution in [-0.2, 0) is 0 Å².